The lowest BCUT2D eigenvalue weighted by Gasteiger charge is -2.52. The first kappa shape index (κ1) is 15.1. The number of amidine groups is 1. The normalized spacial score (nSPS) is 24.8. The van der Waals surface area contributed by atoms with E-state index in [0.717, 1.165) is 41.2 Å². The van der Waals surface area contributed by atoms with Crippen molar-refractivity contribution in [1.82, 2.24) is 15.8 Å². The largest absolute Gasteiger partial charge is 0.322 e. The highest BCUT2D eigenvalue weighted by Crippen LogP contribution is 2.38. The van der Waals surface area contributed by atoms with Gasteiger partial charge in [-0.25, -0.2) is 9.79 Å². The predicted molar refractivity (Wildman–Crippen MR) is 96.8 cm³/mol. The van der Waals surface area contributed by atoms with Gasteiger partial charge < -0.3 is 15.6 Å². The Bertz CT molecular complexity index is 731. The quantitative estimate of drug-likeness (QED) is 0.782. The molecule has 1 aromatic rings. The lowest BCUT2D eigenvalue weighted by molar-refractivity contribution is 0.0173. The molecule has 0 spiro atoms. The summed E-state index contributed by atoms with van der Waals surface area (Å²) >= 11 is 0. The van der Waals surface area contributed by atoms with Crippen LogP contribution in [-0.4, -0.2) is 28.9 Å². The zero-order valence-electron chi connectivity index (χ0n) is 14.1. The van der Waals surface area contributed by atoms with Crippen LogP contribution in [0.15, 0.2) is 35.1 Å². The van der Waals surface area contributed by atoms with Crippen molar-refractivity contribution in [3.05, 3.63) is 41.2 Å². The molecule has 2 amide bonds. The molecule has 0 saturated carbocycles. The average Bonchev–Trinajstić information content (AvgIpc) is 2.58. The van der Waals surface area contributed by atoms with E-state index in [2.05, 4.69) is 21.2 Å². The van der Waals surface area contributed by atoms with Gasteiger partial charge in [-0.3, -0.25) is 5.43 Å². The summed E-state index contributed by atoms with van der Waals surface area (Å²) in [5, 5.41) is 3.06. The van der Waals surface area contributed by atoms with Gasteiger partial charge in [-0.05, 0) is 57.2 Å². The first-order chi connectivity index (χ1) is 11.6. The van der Waals surface area contributed by atoms with Crippen molar-refractivity contribution in [3.63, 3.8) is 0 Å². The highest BCUT2D eigenvalue weighted by atomic mass is 16.2. The summed E-state index contributed by atoms with van der Waals surface area (Å²) in [4.78, 5) is 19.0. The predicted octanol–water partition coefficient (Wildman–Crippen LogP) is 3.12. The SMILES string of the molecule is CC1=CN=C(c2cc(NC(=O)N3C4CCCC3C4)ccc2C)NN1.[HH]. The Morgan fingerprint density at radius 3 is 2.75 bits per heavy atom. The molecule has 128 valence electrons. The van der Waals surface area contributed by atoms with Crippen LogP contribution in [0.3, 0.4) is 0 Å². The minimum atomic E-state index is 0. The second kappa shape index (κ2) is 5.85. The van der Waals surface area contributed by atoms with Crippen LogP contribution < -0.4 is 16.2 Å². The Morgan fingerprint density at radius 2 is 2.08 bits per heavy atom. The average molecular weight is 327 g/mol. The van der Waals surface area contributed by atoms with Gasteiger partial charge >= 0.3 is 6.03 Å². The topological polar surface area (TPSA) is 68.8 Å². The van der Waals surface area contributed by atoms with E-state index in [1.165, 1.54) is 12.8 Å². The Balaban J connectivity index is 0.00000182. The van der Waals surface area contributed by atoms with Gasteiger partial charge in [-0.15, -0.1) is 0 Å². The Labute approximate surface area is 143 Å². The van der Waals surface area contributed by atoms with Crippen LogP contribution in [0.2, 0.25) is 0 Å². The second-order valence-electron chi connectivity index (χ2n) is 6.88. The molecule has 6 heteroatoms. The Hall–Kier alpha value is -2.50. The van der Waals surface area contributed by atoms with Crippen LogP contribution in [0.4, 0.5) is 10.5 Å². The number of carbonyl (C=O) groups is 1. The number of anilines is 1. The van der Waals surface area contributed by atoms with Gasteiger partial charge in [0.2, 0.25) is 0 Å². The smallest absolute Gasteiger partial charge is 0.318 e. The van der Waals surface area contributed by atoms with Crippen LogP contribution in [0.1, 0.15) is 45.2 Å². The number of amides is 2. The number of nitrogens with one attached hydrogen (secondary N) is 3. The summed E-state index contributed by atoms with van der Waals surface area (Å²) in [6, 6.07) is 6.84. The number of aliphatic imine (C=N–C) groups is 1. The van der Waals surface area contributed by atoms with E-state index in [1.807, 2.05) is 36.9 Å². The molecule has 2 unspecified atom stereocenters. The van der Waals surface area contributed by atoms with E-state index < -0.39 is 0 Å². The Kier molecular flexibility index (Phi) is 3.67. The summed E-state index contributed by atoms with van der Waals surface area (Å²) in [7, 11) is 0. The van der Waals surface area contributed by atoms with Gasteiger partial charge in [-0.2, -0.15) is 0 Å². The molecule has 0 radical (unpaired) electrons. The molecule has 4 rings (SSSR count). The number of hydrazine groups is 1. The molecule has 3 N–H and O–H groups in total. The van der Waals surface area contributed by atoms with Crippen molar-refractivity contribution in [3.8, 4) is 0 Å². The zero-order chi connectivity index (χ0) is 16.7. The van der Waals surface area contributed by atoms with Crippen molar-refractivity contribution in [1.29, 1.82) is 0 Å². The van der Waals surface area contributed by atoms with E-state index in [-0.39, 0.29) is 7.46 Å². The van der Waals surface area contributed by atoms with Gasteiger partial charge in [0.05, 0.1) is 0 Å². The molecule has 3 aliphatic rings. The fraction of sp³-hybridized carbons (Fsp3) is 0.444. The van der Waals surface area contributed by atoms with Gasteiger partial charge in [0.15, 0.2) is 5.84 Å². The highest BCUT2D eigenvalue weighted by molar-refractivity contribution is 6.02. The van der Waals surface area contributed by atoms with Crippen LogP contribution in [-0.2, 0) is 0 Å². The van der Waals surface area contributed by atoms with Crippen LogP contribution >= 0.6 is 0 Å². The van der Waals surface area contributed by atoms with Crippen molar-refractivity contribution in [2.24, 2.45) is 4.99 Å². The van der Waals surface area contributed by atoms with Crippen molar-refractivity contribution >= 4 is 17.6 Å². The van der Waals surface area contributed by atoms with E-state index in [0.29, 0.717) is 12.1 Å². The summed E-state index contributed by atoms with van der Waals surface area (Å²) in [6.45, 7) is 3.98. The van der Waals surface area contributed by atoms with Crippen molar-refractivity contribution in [2.75, 3.05) is 5.32 Å². The fourth-order valence-electron chi connectivity index (χ4n) is 3.80. The maximum absolute atomic E-state index is 12.6. The van der Waals surface area contributed by atoms with E-state index in [4.69, 9.17) is 0 Å². The molecule has 0 aliphatic carbocycles. The minimum Gasteiger partial charge on any atom is -0.318 e. The molecule has 2 fully saturated rings. The van der Waals surface area contributed by atoms with Crippen molar-refractivity contribution in [2.45, 2.75) is 51.6 Å². The molecule has 1 aromatic carbocycles. The molecule has 6 nitrogen and oxygen atoms in total. The number of aryl methyl sites for hydroxylation is 1. The number of hydrogen-bond donors (Lipinski definition) is 3. The molecule has 2 saturated heterocycles. The third kappa shape index (κ3) is 2.62. The van der Waals surface area contributed by atoms with Gasteiger partial charge in [0.25, 0.3) is 0 Å². The van der Waals surface area contributed by atoms with Gasteiger partial charge in [0.1, 0.15) is 0 Å². The number of nitrogens with zero attached hydrogens (tertiary/aromatic N) is 2. The highest BCUT2D eigenvalue weighted by Gasteiger charge is 2.44. The molecular formula is C18H25N5O. The molecule has 0 aromatic heterocycles. The standard InChI is InChI=1S/C18H23N5O.H2/c1-11-6-7-13(8-16(11)17-19-10-12(2)21-22-17)20-18(24)23-14-4-3-5-15(23)9-14;/h6-8,10,14-15,21H,3-5,9H2,1-2H3,(H,19,22)(H,20,24);1H. The number of fused-ring (bicyclic) bond motifs is 2. The maximum Gasteiger partial charge on any atom is 0.322 e. The lowest BCUT2D eigenvalue weighted by Crippen LogP contribution is -2.62. The molecule has 24 heavy (non-hydrogen) atoms. The monoisotopic (exact) mass is 327 g/mol. The summed E-state index contributed by atoms with van der Waals surface area (Å²) in [6.07, 6.45) is 6.49. The maximum atomic E-state index is 12.6. The molecule has 2 bridgehead atoms. The number of piperidine rings is 1. The van der Waals surface area contributed by atoms with Crippen molar-refractivity contribution < 1.29 is 6.22 Å². The van der Waals surface area contributed by atoms with Crippen LogP contribution in [0.5, 0.6) is 0 Å². The Morgan fingerprint density at radius 1 is 1.29 bits per heavy atom. The molecule has 2 atom stereocenters. The number of benzene rings is 1. The zero-order valence-corrected chi connectivity index (χ0v) is 14.1. The van der Waals surface area contributed by atoms with E-state index in [9.17, 15) is 4.79 Å². The minimum absolute atomic E-state index is 0. The number of allylic oxidation sites excluding steroid dienone is 1. The molecule has 3 heterocycles. The summed E-state index contributed by atoms with van der Waals surface area (Å²) < 4.78 is 0. The number of hydrogen-bond acceptors (Lipinski definition) is 4. The first-order valence-electron chi connectivity index (χ1n) is 8.59. The van der Waals surface area contributed by atoms with E-state index >= 15 is 0 Å². The van der Waals surface area contributed by atoms with Crippen LogP contribution in [0.25, 0.3) is 0 Å². The van der Waals surface area contributed by atoms with Gasteiger partial charge in [0, 0.05) is 36.7 Å². The molecular weight excluding hydrogens is 302 g/mol. The first-order valence-corrected chi connectivity index (χ1v) is 8.59. The van der Waals surface area contributed by atoms with E-state index in [1.54, 1.807) is 6.20 Å². The second-order valence-corrected chi connectivity index (χ2v) is 6.88. The third-order valence-electron chi connectivity index (χ3n) is 5.15. The summed E-state index contributed by atoms with van der Waals surface area (Å²) in [5.74, 6) is 0.759. The molecule has 3 aliphatic heterocycles. The summed E-state index contributed by atoms with van der Waals surface area (Å²) in [5.41, 5.74) is 10.0. The number of carbonyl (C=O) groups excluding carboxylic acids is 1. The third-order valence-corrected chi connectivity index (χ3v) is 5.15. The number of urea groups is 1. The lowest BCUT2D eigenvalue weighted by atomic mass is 9.80. The fourth-order valence-corrected chi connectivity index (χ4v) is 3.80. The van der Waals surface area contributed by atoms with Gasteiger partial charge in [-0.1, -0.05) is 6.07 Å². The number of rotatable bonds is 2. The van der Waals surface area contributed by atoms with Crippen LogP contribution in [0, 0.1) is 6.92 Å².